The van der Waals surface area contributed by atoms with Crippen LogP contribution < -0.4 is 15.9 Å². The van der Waals surface area contributed by atoms with Gasteiger partial charge in [0.25, 0.3) is 5.91 Å². The van der Waals surface area contributed by atoms with Crippen LogP contribution in [-0.4, -0.2) is 59.2 Å². The standard InChI is InChI=1S/C25H26N8O4/c26-22(34)19-14-27-24(37-33-21-9-5-4-8-20(21)30-31-33)29-23(19)28-17-10-12-18(13-11-17)32(25(35)36)15-16-6-2-1-3-7-16/h1-9,14,17-18H,10-13,15H2,(H2,26,34)(H,35,36)(H,27,28,29)/t17-,18-. The highest BCUT2D eigenvalue weighted by Gasteiger charge is 2.29. The monoisotopic (exact) mass is 502 g/mol. The molecule has 1 aliphatic carbocycles. The molecule has 0 radical (unpaired) electrons. The molecule has 12 heteroatoms. The van der Waals surface area contributed by atoms with Crippen LogP contribution in [0.2, 0.25) is 0 Å². The Labute approximate surface area is 212 Å². The van der Waals surface area contributed by atoms with Crippen molar-refractivity contribution in [1.29, 1.82) is 0 Å². The molecule has 0 spiro atoms. The third-order valence-corrected chi connectivity index (χ3v) is 6.44. The van der Waals surface area contributed by atoms with E-state index in [0.717, 1.165) is 5.56 Å². The molecule has 0 aliphatic heterocycles. The van der Waals surface area contributed by atoms with Gasteiger partial charge in [0.05, 0.1) is 0 Å². The Hall–Kier alpha value is -4.74. The fourth-order valence-electron chi connectivity index (χ4n) is 4.55. The number of carbonyl (C=O) groups excluding carboxylic acids is 1. The van der Waals surface area contributed by atoms with Gasteiger partial charge in [0.2, 0.25) is 0 Å². The summed E-state index contributed by atoms with van der Waals surface area (Å²) >= 11 is 0. The number of benzene rings is 2. The normalized spacial score (nSPS) is 17.3. The fraction of sp³-hybridized carbons (Fsp3) is 0.280. The van der Waals surface area contributed by atoms with Crippen LogP contribution in [0.3, 0.4) is 0 Å². The van der Waals surface area contributed by atoms with Gasteiger partial charge in [-0.15, -0.1) is 5.10 Å². The number of amides is 2. The van der Waals surface area contributed by atoms with E-state index in [0.29, 0.717) is 43.3 Å². The summed E-state index contributed by atoms with van der Waals surface area (Å²) in [4.78, 5) is 40.8. The number of carbonyl (C=O) groups is 2. The molecule has 0 bridgehead atoms. The number of anilines is 1. The molecule has 0 saturated heterocycles. The predicted molar refractivity (Wildman–Crippen MR) is 134 cm³/mol. The minimum absolute atomic E-state index is 0.0308. The molecule has 12 nitrogen and oxygen atoms in total. The molecule has 5 rings (SSSR count). The van der Waals surface area contributed by atoms with Crippen LogP contribution in [0.25, 0.3) is 11.0 Å². The first-order chi connectivity index (χ1) is 18.0. The Morgan fingerprint density at radius 3 is 2.54 bits per heavy atom. The quantitative estimate of drug-likeness (QED) is 0.329. The molecular formula is C25H26N8O4. The van der Waals surface area contributed by atoms with E-state index in [1.807, 2.05) is 42.5 Å². The van der Waals surface area contributed by atoms with Crippen molar-refractivity contribution < 1.29 is 19.5 Å². The third-order valence-electron chi connectivity index (χ3n) is 6.44. The van der Waals surface area contributed by atoms with Crippen molar-refractivity contribution in [1.82, 2.24) is 30.0 Å². The van der Waals surface area contributed by atoms with Crippen molar-refractivity contribution in [3.63, 3.8) is 0 Å². The fourth-order valence-corrected chi connectivity index (χ4v) is 4.55. The van der Waals surface area contributed by atoms with E-state index in [-0.39, 0.29) is 29.5 Å². The van der Waals surface area contributed by atoms with Gasteiger partial charge in [0, 0.05) is 24.8 Å². The molecular weight excluding hydrogens is 476 g/mol. The molecule has 37 heavy (non-hydrogen) atoms. The zero-order chi connectivity index (χ0) is 25.8. The first-order valence-electron chi connectivity index (χ1n) is 11.9. The maximum atomic E-state index is 12.0. The number of aromatic nitrogens is 5. The molecule has 190 valence electrons. The molecule has 2 aromatic carbocycles. The minimum atomic E-state index is -0.936. The van der Waals surface area contributed by atoms with Crippen LogP contribution in [0, 0.1) is 0 Å². The number of para-hydroxylation sites is 1. The topological polar surface area (TPSA) is 161 Å². The second-order valence-electron chi connectivity index (χ2n) is 8.87. The molecule has 0 atom stereocenters. The number of hydrogen-bond donors (Lipinski definition) is 3. The minimum Gasteiger partial charge on any atom is -0.465 e. The van der Waals surface area contributed by atoms with Gasteiger partial charge in [0.1, 0.15) is 22.4 Å². The SMILES string of the molecule is NC(=O)c1cnc(On2nnc3ccccc32)nc1N[C@H]1CC[C@H](N(Cc2ccccc2)C(=O)O)CC1. The van der Waals surface area contributed by atoms with E-state index in [4.69, 9.17) is 10.6 Å². The van der Waals surface area contributed by atoms with Gasteiger partial charge in [-0.1, -0.05) is 47.3 Å². The van der Waals surface area contributed by atoms with Gasteiger partial charge in [-0.2, -0.15) is 4.98 Å². The van der Waals surface area contributed by atoms with Crippen LogP contribution in [0.5, 0.6) is 6.01 Å². The lowest BCUT2D eigenvalue weighted by molar-refractivity contribution is 0.0996. The smallest absolute Gasteiger partial charge is 0.407 e. The summed E-state index contributed by atoms with van der Waals surface area (Å²) in [6.45, 7) is 0.342. The van der Waals surface area contributed by atoms with E-state index in [1.54, 1.807) is 12.1 Å². The van der Waals surface area contributed by atoms with Gasteiger partial charge in [-0.3, -0.25) is 4.79 Å². The Morgan fingerprint density at radius 1 is 1.08 bits per heavy atom. The summed E-state index contributed by atoms with van der Waals surface area (Å²) in [5, 5.41) is 21.1. The molecule has 0 unspecified atom stereocenters. The summed E-state index contributed by atoms with van der Waals surface area (Å²) in [5.74, 6) is -0.418. The van der Waals surface area contributed by atoms with Gasteiger partial charge in [0.15, 0.2) is 0 Å². The lowest BCUT2D eigenvalue weighted by Gasteiger charge is -2.36. The third kappa shape index (κ3) is 5.42. The van der Waals surface area contributed by atoms with Crippen molar-refractivity contribution in [3.05, 3.63) is 71.9 Å². The highest BCUT2D eigenvalue weighted by atomic mass is 16.7. The van der Waals surface area contributed by atoms with E-state index in [2.05, 4.69) is 25.6 Å². The zero-order valence-corrected chi connectivity index (χ0v) is 19.9. The molecule has 1 fully saturated rings. The number of carboxylic acid groups (broad SMARTS) is 1. The summed E-state index contributed by atoms with van der Waals surface area (Å²) in [5.41, 5.74) is 7.91. The second kappa shape index (κ2) is 10.5. The second-order valence-corrected chi connectivity index (χ2v) is 8.87. The lowest BCUT2D eigenvalue weighted by Crippen LogP contribution is -2.43. The van der Waals surface area contributed by atoms with E-state index < -0.39 is 12.0 Å². The number of hydrogen-bond acceptors (Lipinski definition) is 8. The zero-order valence-electron chi connectivity index (χ0n) is 19.9. The average molecular weight is 503 g/mol. The Morgan fingerprint density at radius 2 is 1.81 bits per heavy atom. The molecule has 1 aliphatic rings. The number of nitrogens with zero attached hydrogens (tertiary/aromatic N) is 6. The van der Waals surface area contributed by atoms with Gasteiger partial charge in [-0.05, 0) is 48.6 Å². The first kappa shape index (κ1) is 24.0. The Balaban J connectivity index is 1.27. The number of rotatable bonds is 8. The number of fused-ring (bicyclic) bond motifs is 1. The molecule has 4 aromatic rings. The van der Waals surface area contributed by atoms with Crippen LogP contribution in [0.15, 0.2) is 60.8 Å². The van der Waals surface area contributed by atoms with Crippen molar-refractivity contribution in [2.75, 3.05) is 5.32 Å². The lowest BCUT2D eigenvalue weighted by atomic mass is 9.90. The maximum Gasteiger partial charge on any atom is 0.407 e. The van der Waals surface area contributed by atoms with Gasteiger partial charge >= 0.3 is 12.1 Å². The molecule has 2 amide bonds. The molecule has 1 saturated carbocycles. The van der Waals surface area contributed by atoms with E-state index in [9.17, 15) is 14.7 Å². The number of primary amides is 1. The summed E-state index contributed by atoms with van der Waals surface area (Å²) in [6.07, 6.45) is 3.09. The Bertz CT molecular complexity index is 1400. The summed E-state index contributed by atoms with van der Waals surface area (Å²) in [6, 6.07) is 16.7. The van der Waals surface area contributed by atoms with E-state index in [1.165, 1.54) is 15.9 Å². The molecule has 4 N–H and O–H groups in total. The van der Waals surface area contributed by atoms with Crippen LogP contribution in [0.1, 0.15) is 41.6 Å². The van der Waals surface area contributed by atoms with Crippen LogP contribution in [0.4, 0.5) is 10.6 Å². The van der Waals surface area contributed by atoms with Crippen LogP contribution in [-0.2, 0) is 6.54 Å². The van der Waals surface area contributed by atoms with Crippen molar-refractivity contribution >= 4 is 28.9 Å². The largest absolute Gasteiger partial charge is 0.465 e. The average Bonchev–Trinajstić information content (AvgIpc) is 3.31. The Kier molecular flexibility index (Phi) is 6.79. The van der Waals surface area contributed by atoms with E-state index >= 15 is 0 Å². The summed E-state index contributed by atoms with van der Waals surface area (Å²) in [7, 11) is 0. The van der Waals surface area contributed by atoms with Crippen LogP contribution >= 0.6 is 0 Å². The predicted octanol–water partition coefficient (Wildman–Crippen LogP) is 3.07. The van der Waals surface area contributed by atoms with Crippen molar-refractivity contribution in [3.8, 4) is 6.01 Å². The number of nitrogens with one attached hydrogen (secondary N) is 1. The summed E-state index contributed by atoms with van der Waals surface area (Å²) < 4.78 is 0. The molecule has 2 aromatic heterocycles. The first-order valence-corrected chi connectivity index (χ1v) is 11.9. The molecule has 2 heterocycles. The van der Waals surface area contributed by atoms with Gasteiger partial charge in [-0.25, -0.2) is 9.78 Å². The highest BCUT2D eigenvalue weighted by molar-refractivity contribution is 5.97. The van der Waals surface area contributed by atoms with Crippen molar-refractivity contribution in [2.24, 2.45) is 5.73 Å². The van der Waals surface area contributed by atoms with Crippen molar-refractivity contribution in [2.45, 2.75) is 44.3 Å². The highest BCUT2D eigenvalue weighted by Crippen LogP contribution is 2.28. The number of nitrogens with two attached hydrogens (primary N) is 1. The maximum absolute atomic E-state index is 12.0. The van der Waals surface area contributed by atoms with Gasteiger partial charge < -0.3 is 25.9 Å².